The molecule has 11 heteroatoms. The molecule has 0 amide bonds. The van der Waals surface area contributed by atoms with Gasteiger partial charge in [0.15, 0.2) is 5.82 Å². The molecule has 0 unspecified atom stereocenters. The normalized spacial score (nSPS) is 11.4. The third-order valence-corrected chi connectivity index (χ3v) is 5.22. The Hall–Kier alpha value is -2.30. The molecule has 7 nitrogen and oxygen atoms in total. The fraction of sp³-hybridized carbons (Fsp3) is 0.200. The maximum atomic E-state index is 14.9. The fourth-order valence-electron chi connectivity index (χ4n) is 2.46. The molecule has 1 N–H and O–H groups in total. The van der Waals surface area contributed by atoms with E-state index in [1.165, 1.54) is 29.2 Å². The van der Waals surface area contributed by atoms with E-state index in [0.717, 1.165) is 16.4 Å². The van der Waals surface area contributed by atoms with Gasteiger partial charge >= 0.3 is 0 Å². The van der Waals surface area contributed by atoms with Gasteiger partial charge in [0.2, 0.25) is 5.95 Å². The molecule has 3 aromatic rings. The van der Waals surface area contributed by atoms with Gasteiger partial charge in [-0.2, -0.15) is 9.49 Å². The van der Waals surface area contributed by atoms with Crippen LogP contribution in [-0.2, 0) is 23.6 Å². The van der Waals surface area contributed by atoms with E-state index in [9.17, 15) is 17.2 Å². The third kappa shape index (κ3) is 3.35. The highest BCUT2D eigenvalue weighted by molar-refractivity contribution is 7.90. The van der Waals surface area contributed by atoms with Gasteiger partial charge in [0, 0.05) is 37.7 Å². The molecule has 3 rings (SSSR count). The first-order chi connectivity index (χ1) is 11.9. The zero-order chi connectivity index (χ0) is 18.2. The van der Waals surface area contributed by atoms with Crippen molar-refractivity contribution in [2.24, 2.45) is 7.05 Å². The summed E-state index contributed by atoms with van der Waals surface area (Å²) in [5, 5.41) is 6.58. The van der Waals surface area contributed by atoms with Crippen LogP contribution in [0, 0.1) is 11.8 Å². The lowest BCUT2D eigenvalue weighted by Crippen LogP contribution is -2.13. The Morgan fingerprint density at radius 1 is 1.27 bits per heavy atom. The number of nitrogens with one attached hydrogen (secondary N) is 1. The predicted octanol–water partition coefficient (Wildman–Crippen LogP) is 1.94. The van der Waals surface area contributed by atoms with Crippen molar-refractivity contribution >= 4 is 22.4 Å². The summed E-state index contributed by atoms with van der Waals surface area (Å²) in [6.45, 7) is 0.0796. The SMILES string of the molecule is CNCc1cn(S(=O)(=O)c2cnn(C)c2)c(-c2cccnc2F)c1F.Cl. The molecule has 26 heavy (non-hydrogen) atoms. The van der Waals surface area contributed by atoms with Crippen molar-refractivity contribution in [1.82, 2.24) is 24.1 Å². The highest BCUT2D eigenvalue weighted by atomic mass is 35.5. The van der Waals surface area contributed by atoms with E-state index < -0.39 is 27.5 Å². The van der Waals surface area contributed by atoms with Crippen LogP contribution in [0.5, 0.6) is 0 Å². The molecule has 0 fully saturated rings. The third-order valence-electron chi connectivity index (χ3n) is 3.60. The molecule has 0 saturated heterocycles. The summed E-state index contributed by atoms with van der Waals surface area (Å²) in [5.41, 5.74) is -0.553. The van der Waals surface area contributed by atoms with Crippen LogP contribution in [0.15, 0.2) is 41.8 Å². The summed E-state index contributed by atoms with van der Waals surface area (Å²) in [7, 11) is -1.01. The molecule has 0 aliphatic rings. The molecule has 0 aromatic carbocycles. The van der Waals surface area contributed by atoms with E-state index in [1.54, 1.807) is 14.1 Å². The van der Waals surface area contributed by atoms with Gasteiger partial charge < -0.3 is 5.32 Å². The zero-order valence-corrected chi connectivity index (χ0v) is 15.5. The number of hydrogen-bond acceptors (Lipinski definition) is 5. The average molecular weight is 404 g/mol. The first-order valence-electron chi connectivity index (χ1n) is 7.25. The lowest BCUT2D eigenvalue weighted by molar-refractivity contribution is 0.575. The second kappa shape index (κ2) is 7.52. The lowest BCUT2D eigenvalue weighted by Gasteiger charge is -2.09. The lowest BCUT2D eigenvalue weighted by atomic mass is 10.2. The molecular formula is C15H16ClF2N5O2S. The second-order valence-electron chi connectivity index (χ2n) is 5.34. The number of pyridine rings is 1. The first kappa shape index (κ1) is 20.0. The first-order valence-corrected chi connectivity index (χ1v) is 8.69. The molecule has 3 heterocycles. The van der Waals surface area contributed by atoms with Gasteiger partial charge in [-0.1, -0.05) is 0 Å². The molecule has 0 saturated carbocycles. The van der Waals surface area contributed by atoms with Crippen molar-refractivity contribution in [1.29, 1.82) is 0 Å². The molecule has 0 spiro atoms. The van der Waals surface area contributed by atoms with Crippen LogP contribution in [0.1, 0.15) is 5.56 Å². The van der Waals surface area contributed by atoms with Gasteiger partial charge in [0.05, 0.1) is 11.8 Å². The topological polar surface area (TPSA) is 81.8 Å². The molecule has 0 aliphatic carbocycles. The quantitative estimate of drug-likeness (QED) is 0.658. The van der Waals surface area contributed by atoms with Gasteiger partial charge in [0.1, 0.15) is 10.6 Å². The van der Waals surface area contributed by atoms with Crippen LogP contribution in [0.4, 0.5) is 8.78 Å². The summed E-state index contributed by atoms with van der Waals surface area (Å²) >= 11 is 0. The molecule has 0 radical (unpaired) electrons. The van der Waals surface area contributed by atoms with Crippen LogP contribution >= 0.6 is 12.4 Å². The van der Waals surface area contributed by atoms with Crippen molar-refractivity contribution in [2.45, 2.75) is 11.4 Å². The van der Waals surface area contributed by atoms with Crippen LogP contribution < -0.4 is 5.32 Å². The summed E-state index contributed by atoms with van der Waals surface area (Å²) < 4.78 is 56.8. The molecule has 0 atom stereocenters. The summed E-state index contributed by atoms with van der Waals surface area (Å²) in [6.07, 6.45) is 4.77. The minimum Gasteiger partial charge on any atom is -0.316 e. The van der Waals surface area contributed by atoms with Crippen LogP contribution in [0.25, 0.3) is 11.3 Å². The minimum atomic E-state index is -4.16. The Kier molecular flexibility index (Phi) is 5.79. The molecule has 140 valence electrons. The van der Waals surface area contributed by atoms with Crippen molar-refractivity contribution in [2.75, 3.05) is 7.05 Å². The highest BCUT2D eigenvalue weighted by Gasteiger charge is 2.28. The maximum absolute atomic E-state index is 14.9. The molecular weight excluding hydrogens is 388 g/mol. The Morgan fingerprint density at radius 2 is 2.00 bits per heavy atom. The van der Waals surface area contributed by atoms with Crippen molar-refractivity contribution in [3.05, 3.63) is 54.2 Å². The van der Waals surface area contributed by atoms with E-state index in [-0.39, 0.29) is 35.0 Å². The molecule has 0 bridgehead atoms. The Labute approximate surface area is 155 Å². The summed E-state index contributed by atoms with van der Waals surface area (Å²) in [4.78, 5) is 3.35. The minimum absolute atomic E-state index is 0. The summed E-state index contributed by atoms with van der Waals surface area (Å²) in [5.74, 6) is -1.79. The van der Waals surface area contributed by atoms with Crippen molar-refractivity contribution in [3.8, 4) is 11.3 Å². The number of nitrogens with zero attached hydrogens (tertiary/aromatic N) is 4. The van der Waals surface area contributed by atoms with Crippen LogP contribution in [0.2, 0.25) is 0 Å². The largest absolute Gasteiger partial charge is 0.316 e. The fourth-order valence-corrected chi connectivity index (χ4v) is 3.84. The van der Waals surface area contributed by atoms with Gasteiger partial charge in [-0.05, 0) is 19.2 Å². The number of hydrogen-bond donors (Lipinski definition) is 1. The number of rotatable bonds is 5. The second-order valence-corrected chi connectivity index (χ2v) is 7.15. The molecule has 3 aromatic heterocycles. The highest BCUT2D eigenvalue weighted by Crippen LogP contribution is 2.31. The van der Waals surface area contributed by atoms with E-state index in [0.29, 0.717) is 0 Å². The maximum Gasteiger partial charge on any atom is 0.271 e. The van der Waals surface area contributed by atoms with Crippen molar-refractivity contribution < 1.29 is 17.2 Å². The summed E-state index contributed by atoms with van der Waals surface area (Å²) in [6, 6.07) is 2.68. The van der Waals surface area contributed by atoms with E-state index in [4.69, 9.17) is 0 Å². The zero-order valence-electron chi connectivity index (χ0n) is 13.8. The van der Waals surface area contributed by atoms with Crippen molar-refractivity contribution in [3.63, 3.8) is 0 Å². The van der Waals surface area contributed by atoms with E-state index in [2.05, 4.69) is 15.4 Å². The van der Waals surface area contributed by atoms with E-state index >= 15 is 0 Å². The predicted molar refractivity (Wildman–Crippen MR) is 93.4 cm³/mol. The van der Waals surface area contributed by atoms with Crippen LogP contribution in [0.3, 0.4) is 0 Å². The number of halogens is 3. The standard InChI is InChI=1S/C15H15F2N5O2S.ClH/c1-18-6-10-8-22(25(23,24)11-7-20-21(2)9-11)14(13(10)16)12-4-3-5-19-15(12)17;/h3-5,7-9,18H,6H2,1-2H3;1H. The Morgan fingerprint density at radius 3 is 2.58 bits per heavy atom. The number of aryl methyl sites for hydroxylation is 1. The Balaban J connectivity index is 0.00000243. The smallest absolute Gasteiger partial charge is 0.271 e. The Bertz CT molecular complexity index is 1030. The monoisotopic (exact) mass is 403 g/mol. The van der Waals surface area contributed by atoms with Gasteiger partial charge in [0.25, 0.3) is 10.0 Å². The molecule has 0 aliphatic heterocycles. The van der Waals surface area contributed by atoms with E-state index in [1.807, 2.05) is 0 Å². The van der Waals surface area contributed by atoms with Gasteiger partial charge in [-0.15, -0.1) is 12.4 Å². The van der Waals surface area contributed by atoms with Gasteiger partial charge in [-0.25, -0.2) is 21.8 Å². The number of aromatic nitrogens is 4. The van der Waals surface area contributed by atoms with Crippen LogP contribution in [-0.4, -0.2) is 34.2 Å². The van der Waals surface area contributed by atoms with Gasteiger partial charge in [-0.3, -0.25) is 4.68 Å². The average Bonchev–Trinajstić information content (AvgIpc) is 3.14.